The summed E-state index contributed by atoms with van der Waals surface area (Å²) < 4.78 is 46.9. The van der Waals surface area contributed by atoms with Gasteiger partial charge in [0.2, 0.25) is 15.7 Å². The zero-order chi connectivity index (χ0) is 23.6. The highest BCUT2D eigenvalue weighted by atomic mass is 35.5. The maximum absolute atomic E-state index is 14.2. The number of para-hydroxylation sites is 1. The molecule has 0 aliphatic heterocycles. The number of rotatable bonds is 5. The van der Waals surface area contributed by atoms with E-state index in [-0.39, 0.29) is 27.7 Å². The molecule has 164 valence electrons. The van der Waals surface area contributed by atoms with E-state index in [1.54, 1.807) is 18.2 Å². The van der Waals surface area contributed by atoms with Crippen molar-refractivity contribution in [3.63, 3.8) is 0 Å². The Labute approximate surface area is 192 Å². The molecule has 2 aromatic heterocycles. The van der Waals surface area contributed by atoms with Gasteiger partial charge < -0.3 is 4.74 Å². The van der Waals surface area contributed by atoms with Crippen LogP contribution >= 0.6 is 11.6 Å². The minimum absolute atomic E-state index is 0.185. The van der Waals surface area contributed by atoms with Crippen LogP contribution in [0, 0.1) is 17.1 Å². The first-order valence-corrected chi connectivity index (χ1v) is 11.2. The molecular weight excluding hydrogens is 469 g/mol. The predicted molar refractivity (Wildman–Crippen MR) is 120 cm³/mol. The molecule has 0 aliphatic carbocycles. The van der Waals surface area contributed by atoms with Crippen LogP contribution in [0.25, 0.3) is 11.7 Å². The molecule has 10 heteroatoms. The molecule has 0 saturated carbocycles. The Morgan fingerprint density at radius 1 is 1.09 bits per heavy atom. The zero-order valence-corrected chi connectivity index (χ0v) is 18.2. The van der Waals surface area contributed by atoms with Gasteiger partial charge in [0.25, 0.3) is 5.56 Å². The van der Waals surface area contributed by atoms with E-state index in [1.807, 2.05) is 0 Å². The second-order valence-corrected chi connectivity index (χ2v) is 9.03. The van der Waals surface area contributed by atoms with E-state index in [0.717, 1.165) is 16.5 Å². The fourth-order valence-corrected chi connectivity index (χ4v) is 4.22. The van der Waals surface area contributed by atoms with Crippen molar-refractivity contribution in [2.45, 2.75) is 4.90 Å². The van der Waals surface area contributed by atoms with Gasteiger partial charge in [-0.25, -0.2) is 12.8 Å². The van der Waals surface area contributed by atoms with Crippen molar-refractivity contribution in [2.24, 2.45) is 0 Å². The fourth-order valence-electron chi connectivity index (χ4n) is 2.96. The number of hydrogen-bond donors (Lipinski definition) is 0. The summed E-state index contributed by atoms with van der Waals surface area (Å²) in [6, 6.07) is 17.0. The normalized spacial score (nSPS) is 11.8. The highest BCUT2D eigenvalue weighted by molar-refractivity contribution is 7.95. The van der Waals surface area contributed by atoms with Gasteiger partial charge in [-0.05, 0) is 54.6 Å². The number of nitrogens with zero attached hydrogens (tertiary/aromatic N) is 3. The molecule has 0 saturated heterocycles. The fraction of sp³-hybridized carbons (Fsp3) is 0. The lowest BCUT2D eigenvalue weighted by atomic mass is 10.2. The van der Waals surface area contributed by atoms with Crippen molar-refractivity contribution < 1.29 is 17.5 Å². The van der Waals surface area contributed by atoms with E-state index in [0.29, 0.717) is 5.02 Å². The molecule has 0 N–H and O–H groups in total. The average molecular weight is 482 g/mol. The van der Waals surface area contributed by atoms with Crippen LogP contribution < -0.4 is 10.3 Å². The van der Waals surface area contributed by atoms with Gasteiger partial charge in [0.15, 0.2) is 11.6 Å². The van der Waals surface area contributed by atoms with E-state index in [2.05, 4.69) is 4.98 Å². The number of fused-ring (bicyclic) bond motifs is 1. The van der Waals surface area contributed by atoms with Gasteiger partial charge in [0, 0.05) is 11.2 Å². The molecule has 0 amide bonds. The monoisotopic (exact) mass is 481 g/mol. The number of pyridine rings is 1. The quantitative estimate of drug-likeness (QED) is 0.385. The molecule has 0 fully saturated rings. The third-order valence-electron chi connectivity index (χ3n) is 4.58. The highest BCUT2D eigenvalue weighted by Crippen LogP contribution is 2.28. The molecule has 0 aliphatic rings. The Kier molecular flexibility index (Phi) is 5.96. The number of hydrogen-bond acceptors (Lipinski definition) is 6. The molecular formula is C23H13ClFN3O4S. The number of halogens is 2. The molecule has 0 spiro atoms. The first kappa shape index (κ1) is 22.2. The molecule has 33 heavy (non-hydrogen) atoms. The number of aromatic nitrogens is 2. The number of nitriles is 1. The summed E-state index contributed by atoms with van der Waals surface area (Å²) in [7, 11) is -4.30. The molecule has 0 unspecified atom stereocenters. The van der Waals surface area contributed by atoms with E-state index >= 15 is 0 Å². The molecule has 0 atom stereocenters. The van der Waals surface area contributed by atoms with Crippen LogP contribution in [0.1, 0.15) is 5.56 Å². The second-order valence-electron chi connectivity index (χ2n) is 6.67. The smallest absolute Gasteiger partial charge is 0.269 e. The Hall–Kier alpha value is -4.00. The summed E-state index contributed by atoms with van der Waals surface area (Å²) >= 11 is 5.82. The van der Waals surface area contributed by atoms with Gasteiger partial charge in [0.1, 0.15) is 22.2 Å². The van der Waals surface area contributed by atoms with Crippen molar-refractivity contribution >= 4 is 33.2 Å². The standard InChI is InChI=1S/C23H13ClFN3O4S/c24-15-8-10-16(11-9-15)33(30,31)17(14-26)13-18-22(32-20-6-2-1-5-19(20)25)27-21-7-3-4-12-28(21)23(18)29/h1-13H/b17-13+. The minimum Gasteiger partial charge on any atom is -0.435 e. The van der Waals surface area contributed by atoms with Gasteiger partial charge in [-0.15, -0.1) is 0 Å². The van der Waals surface area contributed by atoms with Crippen molar-refractivity contribution in [1.29, 1.82) is 5.26 Å². The van der Waals surface area contributed by atoms with Crippen molar-refractivity contribution in [2.75, 3.05) is 0 Å². The van der Waals surface area contributed by atoms with Crippen molar-refractivity contribution in [1.82, 2.24) is 9.38 Å². The Morgan fingerprint density at radius 2 is 1.79 bits per heavy atom. The largest absolute Gasteiger partial charge is 0.435 e. The number of allylic oxidation sites excluding steroid dienone is 1. The molecule has 2 heterocycles. The Morgan fingerprint density at radius 3 is 2.48 bits per heavy atom. The maximum atomic E-state index is 14.2. The lowest BCUT2D eigenvalue weighted by molar-refractivity contribution is 0.426. The van der Waals surface area contributed by atoms with Crippen LogP contribution in [0.5, 0.6) is 11.6 Å². The topological polar surface area (TPSA) is 102 Å². The van der Waals surface area contributed by atoms with Gasteiger partial charge >= 0.3 is 0 Å². The SMILES string of the molecule is N#C/C(=C\c1c(Oc2ccccc2F)nc2ccccn2c1=O)S(=O)(=O)c1ccc(Cl)cc1. The van der Waals surface area contributed by atoms with Crippen LogP contribution in [0.4, 0.5) is 4.39 Å². The third-order valence-corrected chi connectivity index (χ3v) is 6.51. The Bertz CT molecular complexity index is 1610. The lowest BCUT2D eigenvalue weighted by Gasteiger charge is -2.11. The molecule has 0 bridgehead atoms. The van der Waals surface area contributed by atoms with Crippen LogP contribution in [0.15, 0.2) is 87.5 Å². The summed E-state index contributed by atoms with van der Waals surface area (Å²) in [5, 5.41) is 9.93. The minimum atomic E-state index is -4.30. The highest BCUT2D eigenvalue weighted by Gasteiger charge is 2.24. The lowest BCUT2D eigenvalue weighted by Crippen LogP contribution is -2.19. The van der Waals surface area contributed by atoms with Gasteiger partial charge in [-0.1, -0.05) is 29.8 Å². The van der Waals surface area contributed by atoms with Crippen molar-refractivity contribution in [3.05, 3.63) is 105 Å². The third kappa shape index (κ3) is 4.35. The number of sulfone groups is 1. The van der Waals surface area contributed by atoms with Gasteiger partial charge in [-0.3, -0.25) is 9.20 Å². The first-order chi connectivity index (χ1) is 15.8. The first-order valence-electron chi connectivity index (χ1n) is 9.37. The Balaban J connectivity index is 1.95. The van der Waals surface area contributed by atoms with Crippen molar-refractivity contribution in [3.8, 4) is 17.7 Å². The summed E-state index contributed by atoms with van der Waals surface area (Å²) in [5.41, 5.74) is -0.855. The summed E-state index contributed by atoms with van der Waals surface area (Å²) in [5.74, 6) is -1.29. The molecule has 4 aromatic rings. The van der Waals surface area contributed by atoms with Crippen LogP contribution in [0.3, 0.4) is 0 Å². The molecule has 4 rings (SSSR count). The van der Waals surface area contributed by atoms with E-state index < -0.39 is 26.1 Å². The van der Waals surface area contributed by atoms with Gasteiger partial charge in [-0.2, -0.15) is 10.2 Å². The molecule has 2 aromatic carbocycles. The van der Waals surface area contributed by atoms with Crippen LogP contribution in [-0.2, 0) is 9.84 Å². The summed E-state index contributed by atoms with van der Waals surface area (Å²) in [6.45, 7) is 0. The zero-order valence-electron chi connectivity index (χ0n) is 16.6. The average Bonchev–Trinajstić information content (AvgIpc) is 2.80. The number of benzene rings is 2. The second kappa shape index (κ2) is 8.86. The van der Waals surface area contributed by atoms with Gasteiger partial charge in [0.05, 0.1) is 4.90 Å². The molecule has 7 nitrogen and oxygen atoms in total. The summed E-state index contributed by atoms with van der Waals surface area (Å²) in [4.78, 5) is 16.5. The van der Waals surface area contributed by atoms with E-state index in [4.69, 9.17) is 16.3 Å². The predicted octanol–water partition coefficient (Wildman–Crippen LogP) is 4.62. The maximum Gasteiger partial charge on any atom is 0.269 e. The molecule has 0 radical (unpaired) electrons. The summed E-state index contributed by atoms with van der Waals surface area (Å²) in [6.07, 6.45) is 2.30. The number of ether oxygens (including phenoxy) is 1. The van der Waals surface area contributed by atoms with Crippen LogP contribution in [-0.4, -0.2) is 17.8 Å². The van der Waals surface area contributed by atoms with E-state index in [1.165, 1.54) is 54.7 Å². The van der Waals surface area contributed by atoms with E-state index in [9.17, 15) is 22.9 Å². The van der Waals surface area contributed by atoms with Crippen LogP contribution in [0.2, 0.25) is 5.02 Å².